The molecule has 228 valence electrons. The molecule has 2 amide bonds. The second-order valence-electron chi connectivity index (χ2n) is 10.3. The molecule has 0 saturated carbocycles. The molecule has 0 radical (unpaired) electrons. The standard InChI is InChI=1S/C34H36N4O5S/c1-42-30-14-4-3-13-29(30)33(39)36-18-17-35-27-11-8-12-28(23-27)37-44(41)32-22-25(15-16-31(32)43-2)24-9-7-10-26(21-24)34(40)38-19-5-6-20-38/h3-4,7-16,21-23,35,37H,5-6,17-20H2,1-2H3,(H,36,39). The number of amides is 2. The van der Waals surface area contributed by atoms with Crippen LogP contribution in [0.2, 0.25) is 0 Å². The second-order valence-corrected chi connectivity index (χ2v) is 11.5. The fourth-order valence-electron chi connectivity index (χ4n) is 5.10. The van der Waals surface area contributed by atoms with Crippen LogP contribution in [0.15, 0.2) is 95.9 Å². The number of carbonyl (C=O) groups excluding carboxylic acids is 2. The van der Waals surface area contributed by atoms with Gasteiger partial charge in [0.2, 0.25) is 0 Å². The Kier molecular flexibility index (Phi) is 10.1. The Balaban J connectivity index is 1.23. The number of likely N-dealkylation sites (tertiary alicyclic amines) is 1. The molecular formula is C34H36N4O5S. The van der Waals surface area contributed by atoms with Gasteiger partial charge in [-0.2, -0.15) is 0 Å². The molecule has 4 aromatic rings. The minimum Gasteiger partial charge on any atom is -0.496 e. The SMILES string of the molecule is COc1ccccc1C(=O)NCCNc1cccc(NS(=O)c2cc(-c3cccc(C(=O)N4CCCC4)c3)ccc2OC)c1. The zero-order valence-electron chi connectivity index (χ0n) is 24.8. The average Bonchev–Trinajstić information content (AvgIpc) is 3.61. The number of carbonyl (C=O) groups is 2. The van der Waals surface area contributed by atoms with Crippen molar-refractivity contribution in [2.75, 3.05) is 50.4 Å². The number of methoxy groups -OCH3 is 2. The number of hydrogen-bond acceptors (Lipinski definition) is 6. The highest BCUT2D eigenvalue weighted by Gasteiger charge is 2.20. The average molecular weight is 613 g/mol. The fourth-order valence-corrected chi connectivity index (χ4v) is 6.12. The lowest BCUT2D eigenvalue weighted by atomic mass is 10.0. The molecule has 1 heterocycles. The van der Waals surface area contributed by atoms with Crippen LogP contribution >= 0.6 is 0 Å². The summed E-state index contributed by atoms with van der Waals surface area (Å²) in [5.41, 5.74) is 4.27. The van der Waals surface area contributed by atoms with Crippen molar-refractivity contribution < 1.29 is 23.3 Å². The largest absolute Gasteiger partial charge is 0.496 e. The van der Waals surface area contributed by atoms with E-state index in [0.29, 0.717) is 46.3 Å². The third-order valence-electron chi connectivity index (χ3n) is 7.36. The molecule has 3 N–H and O–H groups in total. The van der Waals surface area contributed by atoms with Gasteiger partial charge in [-0.25, -0.2) is 4.21 Å². The summed E-state index contributed by atoms with van der Waals surface area (Å²) in [4.78, 5) is 27.8. The number of hydrogen-bond donors (Lipinski definition) is 3. The lowest BCUT2D eigenvalue weighted by Gasteiger charge is -2.16. The Bertz CT molecular complexity index is 1650. The zero-order chi connectivity index (χ0) is 30.9. The molecule has 10 heteroatoms. The van der Waals surface area contributed by atoms with Crippen LogP contribution in [0.1, 0.15) is 33.6 Å². The van der Waals surface area contributed by atoms with E-state index in [2.05, 4.69) is 15.4 Å². The number of benzene rings is 4. The van der Waals surface area contributed by atoms with E-state index in [4.69, 9.17) is 9.47 Å². The van der Waals surface area contributed by atoms with Crippen molar-refractivity contribution in [2.24, 2.45) is 0 Å². The lowest BCUT2D eigenvalue weighted by Crippen LogP contribution is -2.29. The molecule has 4 aromatic carbocycles. The normalized spacial score (nSPS) is 13.2. The summed E-state index contributed by atoms with van der Waals surface area (Å²) in [5.74, 6) is 0.837. The van der Waals surface area contributed by atoms with Crippen LogP contribution in [0.3, 0.4) is 0 Å². The monoisotopic (exact) mass is 612 g/mol. The maximum atomic E-state index is 13.5. The van der Waals surface area contributed by atoms with Gasteiger partial charge in [-0.1, -0.05) is 36.4 Å². The van der Waals surface area contributed by atoms with Gasteiger partial charge < -0.3 is 29.7 Å². The molecule has 1 atom stereocenters. The van der Waals surface area contributed by atoms with E-state index in [0.717, 1.165) is 42.7 Å². The molecule has 0 bridgehead atoms. The van der Waals surface area contributed by atoms with E-state index >= 15 is 0 Å². The molecule has 1 fully saturated rings. The van der Waals surface area contributed by atoms with Crippen molar-refractivity contribution in [3.8, 4) is 22.6 Å². The predicted octanol–water partition coefficient (Wildman–Crippen LogP) is 5.58. The molecule has 1 unspecified atom stereocenters. The molecule has 44 heavy (non-hydrogen) atoms. The summed E-state index contributed by atoms with van der Waals surface area (Å²) >= 11 is 0. The van der Waals surface area contributed by atoms with Gasteiger partial charge in [0.1, 0.15) is 16.4 Å². The Morgan fingerprint density at radius 3 is 2.30 bits per heavy atom. The number of anilines is 2. The minimum atomic E-state index is -1.64. The van der Waals surface area contributed by atoms with Crippen molar-refractivity contribution in [3.63, 3.8) is 0 Å². The van der Waals surface area contributed by atoms with Crippen LogP contribution in [0.5, 0.6) is 11.5 Å². The van der Waals surface area contributed by atoms with Crippen molar-refractivity contribution >= 4 is 34.2 Å². The van der Waals surface area contributed by atoms with E-state index in [1.165, 1.54) is 7.11 Å². The second kappa shape index (κ2) is 14.6. The van der Waals surface area contributed by atoms with Crippen LogP contribution in [0.25, 0.3) is 11.1 Å². The Morgan fingerprint density at radius 2 is 1.50 bits per heavy atom. The number of nitrogens with zero attached hydrogens (tertiary/aromatic N) is 1. The Morgan fingerprint density at radius 1 is 0.773 bits per heavy atom. The van der Waals surface area contributed by atoms with Crippen molar-refractivity contribution in [3.05, 3.63) is 102 Å². The summed E-state index contributed by atoms with van der Waals surface area (Å²) in [5, 5.41) is 6.17. The molecule has 1 saturated heterocycles. The summed E-state index contributed by atoms with van der Waals surface area (Å²) in [6.45, 7) is 2.47. The van der Waals surface area contributed by atoms with Gasteiger partial charge in [0.05, 0.1) is 19.8 Å². The van der Waals surface area contributed by atoms with Gasteiger partial charge in [-0.05, 0) is 78.6 Å². The molecule has 0 aliphatic carbocycles. The maximum absolute atomic E-state index is 13.5. The third kappa shape index (κ3) is 7.38. The first kappa shape index (κ1) is 30.6. The first-order chi connectivity index (χ1) is 21.5. The molecule has 0 spiro atoms. The molecule has 1 aliphatic rings. The Hall–Kier alpha value is -4.83. The summed E-state index contributed by atoms with van der Waals surface area (Å²) in [6, 6.07) is 27.6. The van der Waals surface area contributed by atoms with Gasteiger partial charge in [0, 0.05) is 43.1 Å². The van der Waals surface area contributed by atoms with Gasteiger partial charge in [-0.15, -0.1) is 0 Å². The van der Waals surface area contributed by atoms with Crippen LogP contribution in [-0.2, 0) is 11.0 Å². The summed E-state index contributed by atoms with van der Waals surface area (Å²) in [6.07, 6.45) is 2.07. The topological polar surface area (TPSA) is 109 Å². The van der Waals surface area contributed by atoms with Crippen molar-refractivity contribution in [1.29, 1.82) is 0 Å². The third-order valence-corrected chi connectivity index (χ3v) is 8.50. The summed E-state index contributed by atoms with van der Waals surface area (Å²) in [7, 11) is 1.44. The molecular weight excluding hydrogens is 576 g/mol. The zero-order valence-corrected chi connectivity index (χ0v) is 25.6. The highest BCUT2D eigenvalue weighted by atomic mass is 32.2. The summed E-state index contributed by atoms with van der Waals surface area (Å²) < 4.78 is 27.4. The van der Waals surface area contributed by atoms with Gasteiger partial charge >= 0.3 is 0 Å². The van der Waals surface area contributed by atoms with Crippen molar-refractivity contribution in [2.45, 2.75) is 17.7 Å². The Labute approximate surface area is 260 Å². The van der Waals surface area contributed by atoms with Crippen LogP contribution < -0.4 is 24.8 Å². The van der Waals surface area contributed by atoms with E-state index < -0.39 is 11.0 Å². The smallest absolute Gasteiger partial charge is 0.255 e. The first-order valence-corrected chi connectivity index (χ1v) is 15.6. The van der Waals surface area contributed by atoms with E-state index in [1.807, 2.05) is 71.6 Å². The number of nitrogens with one attached hydrogen (secondary N) is 3. The van der Waals surface area contributed by atoms with Gasteiger partial charge in [0.15, 0.2) is 11.0 Å². The molecule has 0 aromatic heterocycles. The van der Waals surface area contributed by atoms with Crippen LogP contribution in [0.4, 0.5) is 11.4 Å². The van der Waals surface area contributed by atoms with E-state index in [1.54, 1.807) is 31.4 Å². The van der Waals surface area contributed by atoms with E-state index in [9.17, 15) is 13.8 Å². The first-order valence-electron chi connectivity index (χ1n) is 14.5. The van der Waals surface area contributed by atoms with Crippen molar-refractivity contribution in [1.82, 2.24) is 10.2 Å². The highest BCUT2D eigenvalue weighted by molar-refractivity contribution is 7.86. The van der Waals surface area contributed by atoms with Crippen LogP contribution in [-0.4, -0.2) is 61.3 Å². The highest BCUT2D eigenvalue weighted by Crippen LogP contribution is 2.31. The van der Waals surface area contributed by atoms with E-state index in [-0.39, 0.29) is 11.8 Å². The predicted molar refractivity (Wildman–Crippen MR) is 174 cm³/mol. The van der Waals surface area contributed by atoms with Gasteiger partial charge in [-0.3, -0.25) is 9.59 Å². The quantitative estimate of drug-likeness (QED) is 0.180. The maximum Gasteiger partial charge on any atom is 0.255 e. The molecule has 9 nitrogen and oxygen atoms in total. The van der Waals surface area contributed by atoms with Crippen LogP contribution in [0, 0.1) is 0 Å². The number of rotatable bonds is 12. The van der Waals surface area contributed by atoms with Gasteiger partial charge in [0.25, 0.3) is 11.8 Å². The fraction of sp³-hybridized carbons (Fsp3) is 0.235. The minimum absolute atomic E-state index is 0.0376. The number of ether oxygens (including phenoxy) is 2. The molecule has 5 rings (SSSR count). The lowest BCUT2D eigenvalue weighted by molar-refractivity contribution is 0.0792. The number of para-hydroxylation sites is 1. The molecule has 1 aliphatic heterocycles.